The van der Waals surface area contributed by atoms with Crippen molar-refractivity contribution in [2.75, 3.05) is 6.61 Å². The lowest BCUT2D eigenvalue weighted by atomic mass is 10.2. The minimum Gasteiger partial charge on any atom is -0.492 e. The van der Waals surface area contributed by atoms with Gasteiger partial charge in [-0.05, 0) is 12.5 Å². The molecule has 2 nitrogen and oxygen atoms in total. The van der Waals surface area contributed by atoms with Crippen molar-refractivity contribution in [2.45, 2.75) is 39.8 Å². The predicted molar refractivity (Wildman–Crippen MR) is 69.2 cm³/mol. The summed E-state index contributed by atoms with van der Waals surface area (Å²) in [6.45, 7) is 7.83. The Morgan fingerprint density at radius 3 is 2.75 bits per heavy atom. The van der Waals surface area contributed by atoms with Gasteiger partial charge in [-0.2, -0.15) is 0 Å². The van der Waals surface area contributed by atoms with Gasteiger partial charge >= 0.3 is 0 Å². The average Bonchev–Trinajstić information content (AvgIpc) is 2.25. The molecule has 1 aromatic carbocycles. The van der Waals surface area contributed by atoms with Crippen molar-refractivity contribution in [3.63, 3.8) is 0 Å². The van der Waals surface area contributed by atoms with E-state index in [1.54, 1.807) is 0 Å². The second-order valence-electron chi connectivity index (χ2n) is 4.11. The van der Waals surface area contributed by atoms with E-state index < -0.39 is 0 Å². The smallest absolute Gasteiger partial charge is 0.142 e. The number of ether oxygens (including phenoxy) is 1. The third-order valence-electron chi connectivity index (χ3n) is 2.20. The van der Waals surface area contributed by atoms with Crippen LogP contribution in [0.2, 0.25) is 5.02 Å². The van der Waals surface area contributed by atoms with Gasteiger partial charge in [-0.3, -0.25) is 0 Å². The molecule has 1 aromatic rings. The molecular formula is C13H20ClNO. The quantitative estimate of drug-likeness (QED) is 0.821. The van der Waals surface area contributed by atoms with Crippen molar-refractivity contribution in [2.24, 2.45) is 0 Å². The molecule has 0 bridgehead atoms. The maximum atomic E-state index is 6.13. The lowest BCUT2D eigenvalue weighted by molar-refractivity contribution is 0.313. The fourth-order valence-electron chi connectivity index (χ4n) is 1.37. The Hall–Kier alpha value is -0.730. The van der Waals surface area contributed by atoms with E-state index in [1.807, 2.05) is 18.2 Å². The summed E-state index contributed by atoms with van der Waals surface area (Å²) in [6.07, 6.45) is 0.988. The van der Waals surface area contributed by atoms with Crippen molar-refractivity contribution in [1.82, 2.24) is 5.32 Å². The Balaban J connectivity index is 2.76. The summed E-state index contributed by atoms with van der Waals surface area (Å²) in [7, 11) is 0. The van der Waals surface area contributed by atoms with Gasteiger partial charge in [0.05, 0.1) is 11.6 Å². The number of halogens is 1. The number of nitrogens with one attached hydrogen (secondary N) is 1. The molecule has 1 rings (SSSR count). The average molecular weight is 242 g/mol. The number of para-hydroxylation sites is 1. The fraction of sp³-hybridized carbons (Fsp3) is 0.538. The van der Waals surface area contributed by atoms with E-state index in [2.05, 4.69) is 26.1 Å². The Bertz CT molecular complexity index is 326. The fourth-order valence-corrected chi connectivity index (χ4v) is 1.62. The SMILES string of the molecule is CCCOc1c(Cl)cccc1CNC(C)C. The van der Waals surface area contributed by atoms with Gasteiger partial charge in [0, 0.05) is 18.2 Å². The molecule has 0 aliphatic carbocycles. The van der Waals surface area contributed by atoms with Crippen LogP contribution in [-0.4, -0.2) is 12.6 Å². The first-order chi connectivity index (χ1) is 7.65. The maximum Gasteiger partial charge on any atom is 0.142 e. The Morgan fingerprint density at radius 1 is 1.38 bits per heavy atom. The summed E-state index contributed by atoms with van der Waals surface area (Å²) in [5.41, 5.74) is 1.12. The van der Waals surface area contributed by atoms with E-state index >= 15 is 0 Å². The van der Waals surface area contributed by atoms with E-state index in [0.29, 0.717) is 17.7 Å². The third kappa shape index (κ3) is 4.03. The zero-order valence-corrected chi connectivity index (χ0v) is 11.0. The van der Waals surface area contributed by atoms with Crippen molar-refractivity contribution in [1.29, 1.82) is 0 Å². The second kappa shape index (κ2) is 6.77. The zero-order valence-electron chi connectivity index (χ0n) is 10.2. The van der Waals surface area contributed by atoms with Crippen LogP contribution in [0.4, 0.5) is 0 Å². The first-order valence-electron chi connectivity index (χ1n) is 5.78. The van der Waals surface area contributed by atoms with Gasteiger partial charge in [0.1, 0.15) is 5.75 Å². The van der Waals surface area contributed by atoms with E-state index in [0.717, 1.165) is 24.3 Å². The molecule has 0 saturated carbocycles. The van der Waals surface area contributed by atoms with Crippen molar-refractivity contribution < 1.29 is 4.74 Å². The molecule has 0 aliphatic heterocycles. The minimum absolute atomic E-state index is 0.456. The van der Waals surface area contributed by atoms with Crippen molar-refractivity contribution in [3.8, 4) is 5.75 Å². The van der Waals surface area contributed by atoms with Crippen LogP contribution < -0.4 is 10.1 Å². The molecule has 0 amide bonds. The van der Waals surface area contributed by atoms with Gasteiger partial charge in [0.2, 0.25) is 0 Å². The topological polar surface area (TPSA) is 21.3 Å². The summed E-state index contributed by atoms with van der Waals surface area (Å²) >= 11 is 6.13. The van der Waals surface area contributed by atoms with Gasteiger partial charge in [0.25, 0.3) is 0 Å². The standard InChI is InChI=1S/C13H20ClNO/c1-4-8-16-13-11(9-15-10(2)3)6-5-7-12(13)14/h5-7,10,15H,4,8-9H2,1-3H3. The summed E-state index contributed by atoms with van der Waals surface area (Å²) in [5.74, 6) is 0.819. The molecule has 0 heterocycles. The van der Waals surface area contributed by atoms with Crippen LogP contribution >= 0.6 is 11.6 Å². The van der Waals surface area contributed by atoms with Crippen LogP contribution in [0.3, 0.4) is 0 Å². The highest BCUT2D eigenvalue weighted by molar-refractivity contribution is 6.32. The van der Waals surface area contributed by atoms with Gasteiger partial charge in [-0.1, -0.05) is 44.5 Å². The van der Waals surface area contributed by atoms with E-state index in [-0.39, 0.29) is 0 Å². The Labute approximate surface area is 103 Å². The van der Waals surface area contributed by atoms with Gasteiger partial charge in [-0.25, -0.2) is 0 Å². The van der Waals surface area contributed by atoms with Crippen LogP contribution in [0, 0.1) is 0 Å². The number of benzene rings is 1. The maximum absolute atomic E-state index is 6.13. The molecule has 3 heteroatoms. The minimum atomic E-state index is 0.456. The highest BCUT2D eigenvalue weighted by Crippen LogP contribution is 2.28. The third-order valence-corrected chi connectivity index (χ3v) is 2.50. The molecule has 0 unspecified atom stereocenters. The normalized spacial score (nSPS) is 10.8. The summed E-state index contributed by atoms with van der Waals surface area (Å²) in [6, 6.07) is 6.33. The molecule has 0 spiro atoms. The molecular weight excluding hydrogens is 222 g/mol. The molecule has 0 radical (unpaired) electrons. The molecule has 16 heavy (non-hydrogen) atoms. The molecule has 90 valence electrons. The molecule has 0 aliphatic rings. The molecule has 1 N–H and O–H groups in total. The Kier molecular flexibility index (Phi) is 5.64. The first-order valence-corrected chi connectivity index (χ1v) is 6.16. The highest BCUT2D eigenvalue weighted by Gasteiger charge is 2.08. The van der Waals surface area contributed by atoms with Crippen LogP contribution in [0.15, 0.2) is 18.2 Å². The first kappa shape index (κ1) is 13.3. The molecule has 0 saturated heterocycles. The predicted octanol–water partition coefficient (Wildman–Crippen LogP) is 3.63. The summed E-state index contributed by atoms with van der Waals surface area (Å²) in [4.78, 5) is 0. The Morgan fingerprint density at radius 2 is 2.12 bits per heavy atom. The van der Waals surface area contributed by atoms with E-state index in [1.165, 1.54) is 0 Å². The number of rotatable bonds is 6. The van der Waals surface area contributed by atoms with E-state index in [4.69, 9.17) is 16.3 Å². The zero-order chi connectivity index (χ0) is 12.0. The van der Waals surface area contributed by atoms with Crippen LogP contribution in [0.5, 0.6) is 5.75 Å². The van der Waals surface area contributed by atoms with Crippen molar-refractivity contribution in [3.05, 3.63) is 28.8 Å². The lowest BCUT2D eigenvalue weighted by Gasteiger charge is -2.14. The van der Waals surface area contributed by atoms with Crippen LogP contribution in [-0.2, 0) is 6.54 Å². The highest BCUT2D eigenvalue weighted by atomic mass is 35.5. The van der Waals surface area contributed by atoms with Crippen LogP contribution in [0.1, 0.15) is 32.8 Å². The second-order valence-corrected chi connectivity index (χ2v) is 4.52. The number of hydrogen-bond acceptors (Lipinski definition) is 2. The van der Waals surface area contributed by atoms with Gasteiger partial charge in [0.15, 0.2) is 0 Å². The van der Waals surface area contributed by atoms with Crippen molar-refractivity contribution >= 4 is 11.6 Å². The summed E-state index contributed by atoms with van der Waals surface area (Å²) in [5, 5.41) is 4.06. The lowest BCUT2D eigenvalue weighted by Crippen LogP contribution is -2.22. The molecule has 0 atom stereocenters. The van der Waals surface area contributed by atoms with Gasteiger partial charge in [-0.15, -0.1) is 0 Å². The molecule has 0 fully saturated rings. The largest absolute Gasteiger partial charge is 0.492 e. The monoisotopic (exact) mass is 241 g/mol. The van der Waals surface area contributed by atoms with Gasteiger partial charge < -0.3 is 10.1 Å². The number of hydrogen-bond donors (Lipinski definition) is 1. The van der Waals surface area contributed by atoms with Crippen LogP contribution in [0.25, 0.3) is 0 Å². The summed E-state index contributed by atoms with van der Waals surface area (Å²) < 4.78 is 5.68. The van der Waals surface area contributed by atoms with E-state index in [9.17, 15) is 0 Å². The molecule has 0 aromatic heterocycles.